The number of ether oxygens (including phenoxy) is 1. The molecule has 5 heteroatoms. The van der Waals surface area contributed by atoms with Crippen molar-refractivity contribution in [3.05, 3.63) is 12.8 Å². The number of aliphatic imine (C=N–C) groups is 1. The molecule has 0 heterocycles. The standard InChI is InChI=1S/C18H35N3O2/c1-8-16(15(5)22)10-11-21(7)13-17(19-6)12-18(20-9-2)23-14(3)4/h9,14,16,18,20H,2,8,10-13H2,1,3-7H3. The fraction of sp³-hybridized carbons (Fsp3) is 0.778. The summed E-state index contributed by atoms with van der Waals surface area (Å²) in [4.78, 5) is 18.1. The Morgan fingerprint density at radius 3 is 2.52 bits per heavy atom. The molecule has 23 heavy (non-hydrogen) atoms. The van der Waals surface area contributed by atoms with E-state index in [1.54, 1.807) is 13.1 Å². The first-order chi connectivity index (χ1) is 10.8. The molecule has 0 aromatic carbocycles. The van der Waals surface area contributed by atoms with Gasteiger partial charge in [0.05, 0.1) is 6.10 Å². The van der Waals surface area contributed by atoms with Gasteiger partial charge in [-0.1, -0.05) is 13.5 Å². The second-order valence-corrected chi connectivity index (χ2v) is 6.28. The van der Waals surface area contributed by atoms with Crippen molar-refractivity contribution in [2.24, 2.45) is 10.9 Å². The molecule has 0 spiro atoms. The van der Waals surface area contributed by atoms with Crippen LogP contribution in [-0.2, 0) is 9.53 Å². The van der Waals surface area contributed by atoms with E-state index in [9.17, 15) is 4.79 Å². The van der Waals surface area contributed by atoms with Gasteiger partial charge in [-0.05, 0) is 53.4 Å². The van der Waals surface area contributed by atoms with Crippen molar-refractivity contribution < 1.29 is 9.53 Å². The smallest absolute Gasteiger partial charge is 0.132 e. The number of carbonyl (C=O) groups excluding carboxylic acids is 1. The highest BCUT2D eigenvalue weighted by atomic mass is 16.5. The second kappa shape index (κ2) is 12.3. The third-order valence-corrected chi connectivity index (χ3v) is 3.86. The number of nitrogens with one attached hydrogen (secondary N) is 1. The molecule has 0 aliphatic carbocycles. The van der Waals surface area contributed by atoms with Crippen LogP contribution in [-0.4, -0.2) is 55.9 Å². The van der Waals surface area contributed by atoms with Gasteiger partial charge in [-0.2, -0.15) is 0 Å². The Morgan fingerprint density at radius 1 is 1.43 bits per heavy atom. The number of carbonyl (C=O) groups is 1. The highest BCUT2D eigenvalue weighted by molar-refractivity contribution is 5.86. The normalized spacial score (nSPS) is 14.9. The van der Waals surface area contributed by atoms with Gasteiger partial charge < -0.3 is 15.0 Å². The summed E-state index contributed by atoms with van der Waals surface area (Å²) in [6.07, 6.45) is 4.21. The summed E-state index contributed by atoms with van der Waals surface area (Å²) in [5.41, 5.74) is 1.07. The Kier molecular flexibility index (Phi) is 11.6. The van der Waals surface area contributed by atoms with E-state index in [1.165, 1.54) is 0 Å². The molecule has 2 unspecified atom stereocenters. The summed E-state index contributed by atoms with van der Waals surface area (Å²) >= 11 is 0. The van der Waals surface area contributed by atoms with Crippen molar-refractivity contribution in [1.82, 2.24) is 10.2 Å². The van der Waals surface area contributed by atoms with Crippen LogP contribution >= 0.6 is 0 Å². The third kappa shape index (κ3) is 10.2. The first-order valence-electron chi connectivity index (χ1n) is 8.49. The van der Waals surface area contributed by atoms with Gasteiger partial charge in [0.15, 0.2) is 0 Å². The van der Waals surface area contributed by atoms with Crippen molar-refractivity contribution in [2.75, 3.05) is 27.2 Å². The van der Waals surface area contributed by atoms with Crippen LogP contribution in [0.3, 0.4) is 0 Å². The maximum Gasteiger partial charge on any atom is 0.132 e. The largest absolute Gasteiger partial charge is 0.366 e. The molecule has 0 aromatic heterocycles. The number of hydrogen-bond acceptors (Lipinski definition) is 5. The molecular weight excluding hydrogens is 290 g/mol. The Hall–Kier alpha value is -1.20. The van der Waals surface area contributed by atoms with Gasteiger partial charge in [-0.25, -0.2) is 0 Å². The van der Waals surface area contributed by atoms with E-state index in [-0.39, 0.29) is 24.0 Å². The van der Waals surface area contributed by atoms with Crippen molar-refractivity contribution in [3.8, 4) is 0 Å². The first kappa shape index (κ1) is 21.8. The van der Waals surface area contributed by atoms with Crippen LogP contribution in [0, 0.1) is 5.92 Å². The lowest BCUT2D eigenvalue weighted by molar-refractivity contribution is -0.121. The van der Waals surface area contributed by atoms with Gasteiger partial charge >= 0.3 is 0 Å². The molecule has 0 rings (SSSR count). The van der Waals surface area contributed by atoms with Gasteiger partial charge in [-0.3, -0.25) is 9.79 Å². The predicted octanol–water partition coefficient (Wildman–Crippen LogP) is 2.87. The van der Waals surface area contributed by atoms with Crippen molar-refractivity contribution in [1.29, 1.82) is 0 Å². The van der Waals surface area contributed by atoms with Crippen LogP contribution in [0.1, 0.15) is 47.0 Å². The van der Waals surface area contributed by atoms with Gasteiger partial charge in [-0.15, -0.1) is 0 Å². The van der Waals surface area contributed by atoms with E-state index in [1.807, 2.05) is 20.9 Å². The molecule has 0 aliphatic heterocycles. The summed E-state index contributed by atoms with van der Waals surface area (Å²) in [5.74, 6) is 0.449. The molecule has 0 bridgehead atoms. The molecule has 134 valence electrons. The van der Waals surface area contributed by atoms with E-state index in [0.717, 1.165) is 38.1 Å². The highest BCUT2D eigenvalue weighted by Crippen LogP contribution is 2.10. The quantitative estimate of drug-likeness (QED) is 0.418. The number of hydrogen-bond donors (Lipinski definition) is 1. The number of Topliss-reactive ketones (excluding diaryl/α,β-unsaturated/α-hetero) is 1. The summed E-state index contributed by atoms with van der Waals surface area (Å²) in [5, 5.41) is 3.12. The molecule has 0 fully saturated rings. The lowest BCUT2D eigenvalue weighted by atomic mass is 9.98. The van der Waals surface area contributed by atoms with E-state index in [4.69, 9.17) is 4.74 Å². The van der Waals surface area contributed by atoms with Crippen LogP contribution in [0.25, 0.3) is 0 Å². The van der Waals surface area contributed by atoms with Gasteiger partial charge in [0.25, 0.3) is 0 Å². The zero-order valence-electron chi connectivity index (χ0n) is 15.8. The van der Waals surface area contributed by atoms with Gasteiger partial charge in [0, 0.05) is 31.6 Å². The Bertz CT molecular complexity index is 380. The van der Waals surface area contributed by atoms with E-state index >= 15 is 0 Å². The molecule has 0 radical (unpaired) electrons. The van der Waals surface area contributed by atoms with Crippen LogP contribution < -0.4 is 5.32 Å². The third-order valence-electron chi connectivity index (χ3n) is 3.86. The maximum absolute atomic E-state index is 11.5. The molecule has 0 aromatic rings. The minimum Gasteiger partial charge on any atom is -0.366 e. The minimum atomic E-state index is -0.111. The Labute approximate surface area is 142 Å². The molecule has 0 aliphatic rings. The second-order valence-electron chi connectivity index (χ2n) is 6.28. The zero-order valence-corrected chi connectivity index (χ0v) is 15.8. The molecule has 0 saturated heterocycles. The lowest BCUT2D eigenvalue weighted by Gasteiger charge is -2.24. The average Bonchev–Trinajstić information content (AvgIpc) is 2.46. The summed E-state index contributed by atoms with van der Waals surface area (Å²) < 4.78 is 5.83. The summed E-state index contributed by atoms with van der Waals surface area (Å²) in [6.45, 7) is 13.2. The molecule has 2 atom stereocenters. The topological polar surface area (TPSA) is 53.9 Å². The van der Waals surface area contributed by atoms with E-state index in [0.29, 0.717) is 0 Å². The first-order valence-corrected chi connectivity index (χ1v) is 8.49. The van der Waals surface area contributed by atoms with E-state index < -0.39 is 0 Å². The van der Waals surface area contributed by atoms with Gasteiger partial charge in [0.1, 0.15) is 12.0 Å². The van der Waals surface area contributed by atoms with E-state index in [2.05, 4.69) is 35.8 Å². The van der Waals surface area contributed by atoms with Crippen molar-refractivity contribution in [2.45, 2.75) is 59.3 Å². The monoisotopic (exact) mass is 325 g/mol. The lowest BCUT2D eigenvalue weighted by Crippen LogP contribution is -2.36. The predicted molar refractivity (Wildman–Crippen MR) is 97.9 cm³/mol. The fourth-order valence-corrected chi connectivity index (χ4v) is 2.51. The SMILES string of the molecule is C=CNC(CC(CN(C)CCC(CC)C(C)=O)=NC)OC(C)C. The van der Waals surface area contributed by atoms with Crippen molar-refractivity contribution >= 4 is 11.5 Å². The van der Waals surface area contributed by atoms with Gasteiger partial charge in [0.2, 0.25) is 0 Å². The fourth-order valence-electron chi connectivity index (χ4n) is 2.51. The Balaban J connectivity index is 4.45. The van der Waals surface area contributed by atoms with Crippen LogP contribution in [0.5, 0.6) is 0 Å². The average molecular weight is 325 g/mol. The minimum absolute atomic E-state index is 0.111. The molecular formula is C18H35N3O2. The molecule has 0 saturated carbocycles. The molecule has 1 N–H and O–H groups in total. The Morgan fingerprint density at radius 2 is 2.09 bits per heavy atom. The van der Waals surface area contributed by atoms with Crippen molar-refractivity contribution in [3.63, 3.8) is 0 Å². The summed E-state index contributed by atoms with van der Waals surface area (Å²) in [7, 11) is 3.88. The number of rotatable bonds is 13. The molecule has 0 amide bonds. The van der Waals surface area contributed by atoms with Crippen LogP contribution in [0.2, 0.25) is 0 Å². The van der Waals surface area contributed by atoms with Crippen LogP contribution in [0.15, 0.2) is 17.8 Å². The zero-order chi connectivity index (χ0) is 17.8. The number of nitrogens with zero attached hydrogens (tertiary/aromatic N) is 2. The summed E-state index contributed by atoms with van der Waals surface area (Å²) in [6, 6.07) is 0. The van der Waals surface area contributed by atoms with Crippen LogP contribution in [0.4, 0.5) is 0 Å². The maximum atomic E-state index is 11.5. The highest BCUT2D eigenvalue weighted by Gasteiger charge is 2.16. The molecule has 5 nitrogen and oxygen atoms in total. The number of ketones is 1.